The molecule has 5 rings (SSSR count). The van der Waals surface area contributed by atoms with Gasteiger partial charge in [-0.15, -0.1) is 0 Å². The lowest BCUT2D eigenvalue weighted by molar-refractivity contribution is -0.213. The third-order valence-electron chi connectivity index (χ3n) is 16.8. The van der Waals surface area contributed by atoms with Crippen LogP contribution in [0.2, 0.25) is 0 Å². The van der Waals surface area contributed by atoms with Crippen LogP contribution in [-0.2, 0) is 9.53 Å². The van der Waals surface area contributed by atoms with E-state index in [0.29, 0.717) is 34.0 Å². The number of rotatable bonds is 14. The quantitative estimate of drug-likeness (QED) is 0.106. The molecule has 0 radical (unpaired) electrons. The van der Waals surface area contributed by atoms with Crippen LogP contribution in [0.1, 0.15) is 204 Å². The Morgan fingerprint density at radius 1 is 0.723 bits per heavy atom. The topological polar surface area (TPSA) is 26.3 Å². The van der Waals surface area contributed by atoms with E-state index in [0.717, 1.165) is 36.5 Å². The van der Waals surface area contributed by atoms with Crippen molar-refractivity contribution in [2.45, 2.75) is 210 Å². The second-order valence-electron chi connectivity index (χ2n) is 19.8. The van der Waals surface area contributed by atoms with E-state index < -0.39 is 0 Å². The Kier molecular flexibility index (Phi) is 11.8. The van der Waals surface area contributed by atoms with Crippen LogP contribution in [0.4, 0.5) is 0 Å². The second-order valence-corrected chi connectivity index (χ2v) is 19.8. The Morgan fingerprint density at radius 3 is 1.98 bits per heavy atom. The predicted octanol–water partition coefficient (Wildman–Crippen LogP) is 13.7. The molecule has 4 saturated carbocycles. The smallest absolute Gasteiger partial charge is 0.306 e. The Labute approximate surface area is 292 Å². The summed E-state index contributed by atoms with van der Waals surface area (Å²) in [4.78, 5) is 13.2. The SMILES string of the molecule is CCCCCCCCCCCCCCC(=O)O[C@H]1CC[C@]2(C)[C@H]3CC=C4[C@@H]5[C@@H](C)[C@H](C)CC[C@]5(C)CC[C@@]4(C)[C@]3(C)CC[C@H]2C1(C)C. The van der Waals surface area contributed by atoms with Crippen molar-refractivity contribution in [3.8, 4) is 0 Å². The summed E-state index contributed by atoms with van der Waals surface area (Å²) < 4.78 is 6.41. The summed E-state index contributed by atoms with van der Waals surface area (Å²) in [5.41, 5.74) is 3.40. The molecule has 0 aromatic carbocycles. The summed E-state index contributed by atoms with van der Waals surface area (Å²) in [6, 6.07) is 0. The lowest BCUT2D eigenvalue weighted by Crippen LogP contribution is -2.65. The maximum absolute atomic E-state index is 13.2. The summed E-state index contributed by atoms with van der Waals surface area (Å²) in [6.45, 7) is 23.1. The molecule has 5 aliphatic rings. The Hall–Kier alpha value is -0.790. The van der Waals surface area contributed by atoms with Crippen LogP contribution in [0.25, 0.3) is 0 Å². The number of fused-ring (bicyclic) bond motifs is 7. The molecule has 270 valence electrons. The number of ether oxygens (including phenoxy) is 1. The van der Waals surface area contributed by atoms with Gasteiger partial charge in [0, 0.05) is 11.8 Å². The molecule has 2 heteroatoms. The first-order valence-electron chi connectivity index (χ1n) is 21.1. The molecule has 0 aliphatic heterocycles. The van der Waals surface area contributed by atoms with Crippen LogP contribution in [0.3, 0.4) is 0 Å². The Bertz CT molecular complexity index is 1090. The van der Waals surface area contributed by atoms with Gasteiger partial charge < -0.3 is 4.74 Å². The molecule has 2 nitrogen and oxygen atoms in total. The number of hydrogen-bond donors (Lipinski definition) is 0. The molecular weight excluding hydrogens is 572 g/mol. The molecular formula is C45H78O2. The zero-order chi connectivity index (χ0) is 34.1. The third-order valence-corrected chi connectivity index (χ3v) is 16.8. The largest absolute Gasteiger partial charge is 0.462 e. The van der Waals surface area contributed by atoms with Crippen molar-refractivity contribution < 1.29 is 9.53 Å². The Balaban J connectivity index is 1.15. The van der Waals surface area contributed by atoms with Crippen molar-refractivity contribution in [1.82, 2.24) is 0 Å². The highest BCUT2D eigenvalue weighted by Crippen LogP contribution is 2.75. The molecule has 0 aromatic heterocycles. The number of esters is 1. The van der Waals surface area contributed by atoms with Gasteiger partial charge in [0.05, 0.1) is 0 Å². The minimum Gasteiger partial charge on any atom is -0.462 e. The van der Waals surface area contributed by atoms with Gasteiger partial charge in [0.2, 0.25) is 0 Å². The number of carbonyl (C=O) groups excluding carboxylic acids is 1. The van der Waals surface area contributed by atoms with Gasteiger partial charge in [-0.05, 0) is 115 Å². The van der Waals surface area contributed by atoms with E-state index in [1.807, 2.05) is 5.57 Å². The van der Waals surface area contributed by atoms with E-state index in [4.69, 9.17) is 4.74 Å². The van der Waals surface area contributed by atoms with Crippen molar-refractivity contribution in [3.05, 3.63) is 11.6 Å². The van der Waals surface area contributed by atoms with E-state index in [-0.39, 0.29) is 17.5 Å². The molecule has 0 N–H and O–H groups in total. The summed E-state index contributed by atoms with van der Waals surface area (Å²) in [5.74, 6) is 3.81. The fraction of sp³-hybridized carbons (Fsp3) is 0.933. The van der Waals surface area contributed by atoms with Crippen LogP contribution in [0.15, 0.2) is 11.6 Å². The van der Waals surface area contributed by atoms with Crippen LogP contribution < -0.4 is 0 Å². The summed E-state index contributed by atoms with van der Waals surface area (Å²) in [5, 5.41) is 0. The second kappa shape index (κ2) is 14.8. The lowest BCUT2D eigenvalue weighted by atomic mass is 9.33. The zero-order valence-corrected chi connectivity index (χ0v) is 32.9. The third kappa shape index (κ3) is 6.95. The van der Waals surface area contributed by atoms with E-state index in [1.165, 1.54) is 122 Å². The number of unbranched alkanes of at least 4 members (excludes halogenated alkanes) is 11. The van der Waals surface area contributed by atoms with Crippen LogP contribution in [0.5, 0.6) is 0 Å². The van der Waals surface area contributed by atoms with Crippen LogP contribution in [0, 0.1) is 56.7 Å². The van der Waals surface area contributed by atoms with E-state index in [9.17, 15) is 4.79 Å². The van der Waals surface area contributed by atoms with Gasteiger partial charge in [-0.1, -0.05) is 145 Å². The molecule has 0 amide bonds. The van der Waals surface area contributed by atoms with Gasteiger partial charge in [0.25, 0.3) is 0 Å². The molecule has 0 aromatic rings. The lowest BCUT2D eigenvalue weighted by Gasteiger charge is -2.71. The standard InChI is InChI=1S/C45H78O2/c1-10-11-12-13-14-15-16-17-18-19-20-21-22-39(46)47-38-27-29-43(7)36(41(38,4)5)26-30-45(9)37(43)24-23-35-40-34(3)33(2)25-28-42(40,6)31-32-44(35,45)8/h23,33-34,36-38,40H,10-22,24-32H2,1-9H3/t33-,34+,36+,37-,38+,40+,42-,43+,44-,45-/m1/s1. The highest BCUT2D eigenvalue weighted by Gasteiger charge is 2.68. The maximum atomic E-state index is 13.2. The van der Waals surface area contributed by atoms with Crippen LogP contribution >= 0.6 is 0 Å². The van der Waals surface area contributed by atoms with Gasteiger partial charge in [-0.25, -0.2) is 0 Å². The number of carbonyl (C=O) groups is 1. The average molecular weight is 651 g/mol. The molecule has 4 fully saturated rings. The minimum atomic E-state index is 0.0316. The molecule has 0 heterocycles. The van der Waals surface area contributed by atoms with E-state index >= 15 is 0 Å². The van der Waals surface area contributed by atoms with Crippen molar-refractivity contribution in [1.29, 1.82) is 0 Å². The fourth-order valence-corrected chi connectivity index (χ4v) is 13.4. The molecule has 0 spiro atoms. The molecule has 0 unspecified atom stereocenters. The predicted molar refractivity (Wildman–Crippen MR) is 200 cm³/mol. The van der Waals surface area contributed by atoms with Crippen molar-refractivity contribution in [3.63, 3.8) is 0 Å². The highest BCUT2D eigenvalue weighted by atomic mass is 16.5. The zero-order valence-electron chi connectivity index (χ0n) is 32.9. The molecule has 0 saturated heterocycles. The summed E-state index contributed by atoms with van der Waals surface area (Å²) in [6.07, 6.45) is 31.2. The van der Waals surface area contributed by atoms with Crippen molar-refractivity contribution in [2.75, 3.05) is 0 Å². The van der Waals surface area contributed by atoms with E-state index in [2.05, 4.69) is 68.4 Å². The van der Waals surface area contributed by atoms with E-state index in [1.54, 1.807) is 0 Å². The van der Waals surface area contributed by atoms with Gasteiger partial charge in [-0.3, -0.25) is 4.79 Å². The first-order chi connectivity index (χ1) is 22.2. The minimum absolute atomic E-state index is 0.0316. The molecule has 47 heavy (non-hydrogen) atoms. The first-order valence-corrected chi connectivity index (χ1v) is 21.1. The normalized spacial score (nSPS) is 42.4. The van der Waals surface area contributed by atoms with Crippen molar-refractivity contribution in [2.24, 2.45) is 56.7 Å². The number of hydrogen-bond acceptors (Lipinski definition) is 2. The monoisotopic (exact) mass is 651 g/mol. The molecule has 10 atom stereocenters. The number of allylic oxidation sites excluding steroid dienone is 2. The molecule has 5 aliphatic carbocycles. The van der Waals surface area contributed by atoms with Crippen LogP contribution in [-0.4, -0.2) is 12.1 Å². The van der Waals surface area contributed by atoms with Crippen molar-refractivity contribution >= 4 is 5.97 Å². The van der Waals surface area contributed by atoms with Gasteiger partial charge in [0.1, 0.15) is 6.10 Å². The maximum Gasteiger partial charge on any atom is 0.306 e. The highest BCUT2D eigenvalue weighted by molar-refractivity contribution is 5.69. The first kappa shape index (κ1) is 37.5. The molecule has 0 bridgehead atoms. The average Bonchev–Trinajstić information content (AvgIpc) is 3.02. The van der Waals surface area contributed by atoms with Gasteiger partial charge in [0.15, 0.2) is 0 Å². The summed E-state index contributed by atoms with van der Waals surface area (Å²) >= 11 is 0. The summed E-state index contributed by atoms with van der Waals surface area (Å²) in [7, 11) is 0. The van der Waals surface area contributed by atoms with Gasteiger partial charge in [-0.2, -0.15) is 0 Å². The fourth-order valence-electron chi connectivity index (χ4n) is 13.4. The van der Waals surface area contributed by atoms with Gasteiger partial charge >= 0.3 is 5.97 Å². The Morgan fingerprint density at radius 2 is 1.34 bits per heavy atom.